The molecule has 0 aromatic heterocycles. The van der Waals surface area contributed by atoms with E-state index in [0.717, 1.165) is 25.7 Å². The SMILES string of the molecule is CN(CC(O)COc1ccccc1N)CC1(O)CCCC1. The number of nitrogen functional groups attached to an aromatic ring is 1. The molecular formula is C16H26N2O3. The fourth-order valence-corrected chi connectivity index (χ4v) is 2.97. The van der Waals surface area contributed by atoms with Gasteiger partial charge in [-0.15, -0.1) is 0 Å². The van der Waals surface area contributed by atoms with Crippen LogP contribution in [0.2, 0.25) is 0 Å². The molecular weight excluding hydrogens is 268 g/mol. The number of hydrogen-bond donors (Lipinski definition) is 3. The maximum atomic E-state index is 10.3. The summed E-state index contributed by atoms with van der Waals surface area (Å²) in [6.07, 6.45) is 3.27. The maximum absolute atomic E-state index is 10.3. The van der Waals surface area contributed by atoms with Crippen molar-refractivity contribution in [1.82, 2.24) is 4.90 Å². The Bertz CT molecular complexity index is 447. The number of aliphatic hydroxyl groups excluding tert-OH is 1. The molecule has 0 spiro atoms. The number of ether oxygens (including phenoxy) is 1. The average Bonchev–Trinajstić information content (AvgIpc) is 2.84. The molecule has 0 saturated heterocycles. The second-order valence-electron chi connectivity index (χ2n) is 6.13. The number of hydrogen-bond acceptors (Lipinski definition) is 5. The van der Waals surface area contributed by atoms with E-state index in [2.05, 4.69) is 0 Å². The molecule has 5 heteroatoms. The second kappa shape index (κ2) is 7.11. The molecule has 1 unspecified atom stereocenters. The molecule has 0 amide bonds. The Morgan fingerprint density at radius 2 is 2.00 bits per heavy atom. The molecule has 1 aliphatic rings. The largest absolute Gasteiger partial charge is 0.489 e. The van der Waals surface area contributed by atoms with Crippen LogP contribution in [0, 0.1) is 0 Å². The van der Waals surface area contributed by atoms with Gasteiger partial charge in [0.05, 0.1) is 11.3 Å². The van der Waals surface area contributed by atoms with E-state index in [1.165, 1.54) is 0 Å². The van der Waals surface area contributed by atoms with Crippen LogP contribution in [0.25, 0.3) is 0 Å². The first-order valence-electron chi connectivity index (χ1n) is 7.55. The Morgan fingerprint density at radius 3 is 2.67 bits per heavy atom. The van der Waals surface area contributed by atoms with Crippen LogP contribution in [0.3, 0.4) is 0 Å². The van der Waals surface area contributed by atoms with E-state index >= 15 is 0 Å². The number of aliphatic hydroxyl groups is 2. The molecule has 1 aliphatic carbocycles. The van der Waals surface area contributed by atoms with Crippen molar-refractivity contribution in [2.24, 2.45) is 0 Å². The van der Waals surface area contributed by atoms with E-state index in [1.807, 2.05) is 24.1 Å². The normalized spacial score (nSPS) is 18.9. The van der Waals surface area contributed by atoms with Crippen LogP contribution >= 0.6 is 0 Å². The van der Waals surface area contributed by atoms with Gasteiger partial charge in [0.1, 0.15) is 18.5 Å². The van der Waals surface area contributed by atoms with Crippen LogP contribution in [0.15, 0.2) is 24.3 Å². The summed E-state index contributed by atoms with van der Waals surface area (Å²) in [5.41, 5.74) is 5.77. The molecule has 0 aliphatic heterocycles. The lowest BCUT2D eigenvalue weighted by atomic mass is 10.0. The molecule has 0 bridgehead atoms. The fraction of sp³-hybridized carbons (Fsp3) is 0.625. The Morgan fingerprint density at radius 1 is 1.33 bits per heavy atom. The minimum absolute atomic E-state index is 0.191. The standard InChI is InChI=1S/C16H26N2O3/c1-18(12-16(20)8-4-5-9-16)10-13(19)11-21-15-7-3-2-6-14(15)17/h2-3,6-7,13,19-20H,4-5,8-12,17H2,1H3. The van der Waals surface area contributed by atoms with E-state index in [9.17, 15) is 10.2 Å². The molecule has 5 nitrogen and oxygen atoms in total. The van der Waals surface area contributed by atoms with Crippen molar-refractivity contribution in [3.8, 4) is 5.75 Å². The van der Waals surface area contributed by atoms with Crippen LogP contribution in [0.5, 0.6) is 5.75 Å². The number of para-hydroxylation sites is 2. The van der Waals surface area contributed by atoms with Crippen molar-refractivity contribution in [2.75, 3.05) is 32.5 Å². The van der Waals surface area contributed by atoms with Gasteiger partial charge in [0.15, 0.2) is 0 Å². The Labute approximate surface area is 126 Å². The molecule has 4 N–H and O–H groups in total. The number of rotatable bonds is 7. The van der Waals surface area contributed by atoms with Gasteiger partial charge in [-0.1, -0.05) is 25.0 Å². The zero-order chi connectivity index (χ0) is 15.3. The summed E-state index contributed by atoms with van der Waals surface area (Å²) in [6, 6.07) is 7.24. The molecule has 2 rings (SSSR count). The summed E-state index contributed by atoms with van der Waals surface area (Å²) < 4.78 is 5.53. The summed E-state index contributed by atoms with van der Waals surface area (Å²) in [5, 5.41) is 20.4. The van der Waals surface area contributed by atoms with Crippen molar-refractivity contribution in [1.29, 1.82) is 0 Å². The number of anilines is 1. The van der Waals surface area contributed by atoms with Gasteiger partial charge in [-0.2, -0.15) is 0 Å². The Balaban J connectivity index is 1.74. The van der Waals surface area contributed by atoms with Crippen LogP contribution in [-0.4, -0.2) is 53.6 Å². The summed E-state index contributed by atoms with van der Waals surface area (Å²) >= 11 is 0. The third-order valence-corrected chi connectivity index (χ3v) is 3.97. The van der Waals surface area contributed by atoms with Crippen molar-refractivity contribution in [3.05, 3.63) is 24.3 Å². The quantitative estimate of drug-likeness (QED) is 0.660. The number of nitrogens with zero attached hydrogens (tertiary/aromatic N) is 1. The number of benzene rings is 1. The van der Waals surface area contributed by atoms with Gasteiger partial charge in [0, 0.05) is 13.1 Å². The smallest absolute Gasteiger partial charge is 0.142 e. The van der Waals surface area contributed by atoms with E-state index in [0.29, 0.717) is 24.5 Å². The molecule has 0 heterocycles. The average molecular weight is 294 g/mol. The van der Waals surface area contributed by atoms with Crippen molar-refractivity contribution < 1.29 is 14.9 Å². The Kier molecular flexibility index (Phi) is 5.45. The zero-order valence-electron chi connectivity index (χ0n) is 12.7. The van der Waals surface area contributed by atoms with Gasteiger partial charge < -0.3 is 25.6 Å². The highest BCUT2D eigenvalue weighted by molar-refractivity contribution is 5.51. The van der Waals surface area contributed by atoms with Crippen molar-refractivity contribution in [3.63, 3.8) is 0 Å². The van der Waals surface area contributed by atoms with Gasteiger partial charge in [-0.3, -0.25) is 0 Å². The molecule has 1 aromatic carbocycles. The molecule has 118 valence electrons. The van der Waals surface area contributed by atoms with Gasteiger partial charge in [0.25, 0.3) is 0 Å². The van der Waals surface area contributed by atoms with Crippen LogP contribution in [0.1, 0.15) is 25.7 Å². The first-order chi connectivity index (χ1) is 9.98. The first kappa shape index (κ1) is 16.1. The highest BCUT2D eigenvalue weighted by atomic mass is 16.5. The van der Waals surface area contributed by atoms with Crippen molar-refractivity contribution >= 4 is 5.69 Å². The van der Waals surface area contributed by atoms with Crippen LogP contribution in [0.4, 0.5) is 5.69 Å². The van der Waals surface area contributed by atoms with Gasteiger partial charge in [-0.05, 0) is 32.0 Å². The van der Waals surface area contributed by atoms with E-state index in [4.69, 9.17) is 10.5 Å². The van der Waals surface area contributed by atoms with E-state index in [1.54, 1.807) is 12.1 Å². The molecule has 1 aromatic rings. The summed E-state index contributed by atoms with van der Waals surface area (Å²) in [5.74, 6) is 0.591. The summed E-state index contributed by atoms with van der Waals surface area (Å²) in [4.78, 5) is 1.97. The fourth-order valence-electron chi connectivity index (χ4n) is 2.97. The molecule has 21 heavy (non-hydrogen) atoms. The minimum atomic E-state index is -0.611. The van der Waals surface area contributed by atoms with Gasteiger partial charge >= 0.3 is 0 Å². The maximum Gasteiger partial charge on any atom is 0.142 e. The molecule has 1 fully saturated rings. The Hall–Kier alpha value is -1.30. The lowest BCUT2D eigenvalue weighted by Gasteiger charge is -2.29. The predicted molar refractivity (Wildman–Crippen MR) is 83.3 cm³/mol. The topological polar surface area (TPSA) is 79.0 Å². The van der Waals surface area contributed by atoms with E-state index < -0.39 is 11.7 Å². The van der Waals surface area contributed by atoms with Gasteiger partial charge in [-0.25, -0.2) is 0 Å². The van der Waals surface area contributed by atoms with Crippen LogP contribution in [-0.2, 0) is 0 Å². The zero-order valence-corrected chi connectivity index (χ0v) is 12.7. The third kappa shape index (κ3) is 4.88. The van der Waals surface area contributed by atoms with E-state index in [-0.39, 0.29) is 6.61 Å². The molecule has 1 atom stereocenters. The first-order valence-corrected chi connectivity index (χ1v) is 7.55. The minimum Gasteiger partial charge on any atom is -0.489 e. The summed E-state index contributed by atoms with van der Waals surface area (Å²) in [6.45, 7) is 1.25. The van der Waals surface area contributed by atoms with Gasteiger partial charge in [0.2, 0.25) is 0 Å². The number of likely N-dealkylation sites (N-methyl/N-ethyl adjacent to an activating group) is 1. The third-order valence-electron chi connectivity index (χ3n) is 3.97. The molecule has 1 saturated carbocycles. The highest BCUT2D eigenvalue weighted by Crippen LogP contribution is 2.29. The second-order valence-corrected chi connectivity index (χ2v) is 6.13. The van der Waals surface area contributed by atoms with Crippen molar-refractivity contribution in [2.45, 2.75) is 37.4 Å². The number of nitrogens with two attached hydrogens (primary N) is 1. The lowest BCUT2D eigenvalue weighted by Crippen LogP contribution is -2.43. The summed E-state index contributed by atoms with van der Waals surface area (Å²) in [7, 11) is 1.91. The monoisotopic (exact) mass is 294 g/mol. The predicted octanol–water partition coefficient (Wildman–Crippen LogP) is 1.25. The van der Waals surface area contributed by atoms with Crippen LogP contribution < -0.4 is 10.5 Å². The molecule has 0 radical (unpaired) electrons. The lowest BCUT2D eigenvalue weighted by molar-refractivity contribution is -0.000485. The highest BCUT2D eigenvalue weighted by Gasteiger charge is 2.32.